The standard InChI is InChI=1S/C16H14ClF3N2O4.C9H16ClN5.C5H12NO4P/c1-8(2)26-14(24)10-6-9(4-5-11(10)17)22-13(23)7-12(16(18,19)20)21(3)15(22)25;1-5-11-7-12-6(10)13-8(14-7)15-9(2,3)4;1-11(9,10)3-2-4(6)5(7)8/h4-8H,1-3H3;5H2,1-4H3,(H2,11,12,13,14,15);4H,2-3,6H2,1H3,(H,7,8)(H,9,10). The summed E-state index contributed by atoms with van der Waals surface area (Å²) in [4.78, 5) is 67.4. The van der Waals surface area contributed by atoms with Gasteiger partial charge in [0.2, 0.25) is 17.2 Å². The van der Waals surface area contributed by atoms with Crippen molar-refractivity contribution in [2.75, 3.05) is 30.0 Å². The number of benzene rings is 1. The molecule has 0 saturated carbocycles. The molecule has 0 bridgehead atoms. The van der Waals surface area contributed by atoms with E-state index in [0.717, 1.165) is 19.7 Å². The van der Waals surface area contributed by atoms with Gasteiger partial charge in [-0.1, -0.05) is 11.6 Å². The first-order valence-corrected chi connectivity index (χ1v) is 18.3. The van der Waals surface area contributed by atoms with Gasteiger partial charge in [-0.25, -0.2) is 14.2 Å². The van der Waals surface area contributed by atoms with Crippen molar-refractivity contribution in [2.45, 2.75) is 71.8 Å². The first-order valence-electron chi connectivity index (χ1n) is 15.3. The fraction of sp³-hybridized carbons (Fsp3) is 0.500. The molecule has 0 aliphatic rings. The van der Waals surface area contributed by atoms with E-state index in [1.54, 1.807) is 13.8 Å². The summed E-state index contributed by atoms with van der Waals surface area (Å²) in [6.07, 6.45) is -5.30. The summed E-state index contributed by atoms with van der Waals surface area (Å²) in [5.74, 6) is -0.954. The summed E-state index contributed by atoms with van der Waals surface area (Å²) >= 11 is 11.7. The molecule has 6 N–H and O–H groups in total. The van der Waals surface area contributed by atoms with Gasteiger partial charge in [-0.15, -0.1) is 0 Å². The number of carbonyl (C=O) groups is 2. The number of nitrogens with zero attached hydrogens (tertiary/aromatic N) is 5. The van der Waals surface area contributed by atoms with Gasteiger partial charge in [0, 0.05) is 38.0 Å². The summed E-state index contributed by atoms with van der Waals surface area (Å²) in [6, 6.07) is 2.88. The topological polar surface area (TPSA) is 234 Å². The number of esters is 1. The van der Waals surface area contributed by atoms with Crippen LogP contribution < -0.4 is 27.6 Å². The van der Waals surface area contributed by atoms with E-state index in [1.807, 2.05) is 27.7 Å². The first kappa shape index (κ1) is 46.0. The Labute approximate surface area is 307 Å². The van der Waals surface area contributed by atoms with Crippen LogP contribution >= 0.6 is 30.6 Å². The molecular weight excluding hydrogens is 759 g/mol. The zero-order valence-electron chi connectivity index (χ0n) is 29.6. The molecular formula is C30H42Cl2F3N8O8P. The number of carboxylic acid groups (broad SMARTS) is 1. The Kier molecular flexibility index (Phi) is 16.9. The van der Waals surface area contributed by atoms with Crippen LogP contribution in [0.4, 0.5) is 25.1 Å². The zero-order valence-corrected chi connectivity index (χ0v) is 32.0. The second-order valence-electron chi connectivity index (χ2n) is 12.3. The van der Waals surface area contributed by atoms with Crippen molar-refractivity contribution in [3.8, 4) is 5.69 Å². The lowest BCUT2D eigenvalue weighted by Gasteiger charge is -2.20. The van der Waals surface area contributed by atoms with Gasteiger partial charge in [0.05, 0.1) is 22.4 Å². The van der Waals surface area contributed by atoms with E-state index in [1.165, 1.54) is 18.8 Å². The predicted octanol–water partition coefficient (Wildman–Crippen LogP) is 4.63. The largest absolute Gasteiger partial charge is 0.480 e. The van der Waals surface area contributed by atoms with Gasteiger partial charge in [0.15, 0.2) is 7.37 Å². The van der Waals surface area contributed by atoms with Crippen molar-refractivity contribution in [1.29, 1.82) is 0 Å². The Hall–Kier alpha value is -4.03. The summed E-state index contributed by atoms with van der Waals surface area (Å²) in [5, 5.41) is 14.6. The minimum atomic E-state index is -4.86. The van der Waals surface area contributed by atoms with E-state index in [2.05, 4.69) is 25.6 Å². The molecule has 52 heavy (non-hydrogen) atoms. The molecule has 0 amide bonds. The second-order valence-corrected chi connectivity index (χ2v) is 15.6. The highest BCUT2D eigenvalue weighted by Crippen LogP contribution is 2.35. The number of nitrogens with one attached hydrogen (secondary N) is 2. The van der Waals surface area contributed by atoms with Gasteiger partial charge < -0.3 is 31.1 Å². The average molecular weight is 802 g/mol. The number of hydrogen-bond donors (Lipinski definition) is 5. The summed E-state index contributed by atoms with van der Waals surface area (Å²) in [5.41, 5.74) is 0.984. The van der Waals surface area contributed by atoms with Crippen LogP contribution in [0.2, 0.25) is 10.3 Å². The van der Waals surface area contributed by atoms with Gasteiger partial charge in [0.25, 0.3) is 5.56 Å². The Morgan fingerprint density at radius 3 is 2.13 bits per heavy atom. The minimum absolute atomic E-state index is 0.0104. The van der Waals surface area contributed by atoms with Gasteiger partial charge >= 0.3 is 23.8 Å². The van der Waals surface area contributed by atoms with E-state index in [-0.39, 0.29) is 39.7 Å². The summed E-state index contributed by atoms with van der Waals surface area (Å²) < 4.78 is 55.2. The normalized spacial score (nSPS) is 13.1. The first-order chi connectivity index (χ1) is 23.7. The third-order valence-electron chi connectivity index (χ3n) is 5.98. The van der Waals surface area contributed by atoms with Crippen LogP contribution in [0, 0.1) is 0 Å². The molecule has 0 saturated heterocycles. The van der Waals surface area contributed by atoms with E-state index in [0.29, 0.717) is 27.1 Å². The van der Waals surface area contributed by atoms with Crippen molar-refractivity contribution >= 4 is 54.4 Å². The molecule has 0 aliphatic heterocycles. The number of aromatic nitrogens is 5. The van der Waals surface area contributed by atoms with E-state index < -0.39 is 54.6 Å². The van der Waals surface area contributed by atoms with Gasteiger partial charge in [-0.3, -0.25) is 18.7 Å². The van der Waals surface area contributed by atoms with E-state index in [4.69, 9.17) is 43.7 Å². The van der Waals surface area contributed by atoms with Crippen LogP contribution in [-0.2, 0) is 27.3 Å². The van der Waals surface area contributed by atoms with Crippen LogP contribution in [-0.4, -0.2) is 83.1 Å². The summed E-state index contributed by atoms with van der Waals surface area (Å²) in [7, 11) is -2.21. The van der Waals surface area contributed by atoms with Crippen molar-refractivity contribution in [3.63, 3.8) is 0 Å². The van der Waals surface area contributed by atoms with Crippen LogP contribution in [0.5, 0.6) is 0 Å². The second kappa shape index (κ2) is 19.2. The Bertz CT molecular complexity index is 1880. The molecule has 2 unspecified atom stereocenters. The molecule has 0 fully saturated rings. The van der Waals surface area contributed by atoms with Gasteiger partial charge in [-0.05, 0) is 77.8 Å². The molecule has 0 aliphatic carbocycles. The van der Waals surface area contributed by atoms with Crippen molar-refractivity contribution < 1.29 is 42.1 Å². The fourth-order valence-corrected chi connectivity index (χ4v) is 4.81. The van der Waals surface area contributed by atoms with Crippen LogP contribution in [0.25, 0.3) is 5.69 Å². The zero-order chi connectivity index (χ0) is 40.4. The smallest absolute Gasteiger partial charge is 0.431 e. The number of carboxylic acids is 1. The highest BCUT2D eigenvalue weighted by atomic mass is 35.5. The SMILES string of the molecule is CC(C)OC(=O)c1cc(-n2c(=O)cc(C(F)(F)F)n(C)c2=O)ccc1Cl.CCNc1nc(Cl)nc(NC(C)(C)C)n1.CP(=O)(O)CCC(N)C(=O)O. The quantitative estimate of drug-likeness (QED) is 0.139. The molecule has 16 nitrogen and oxygen atoms in total. The number of rotatable bonds is 10. The maximum atomic E-state index is 12.9. The molecule has 2 aromatic heterocycles. The number of anilines is 2. The number of nitrogens with two attached hydrogens (primary N) is 1. The minimum Gasteiger partial charge on any atom is -0.480 e. The Morgan fingerprint density at radius 2 is 1.65 bits per heavy atom. The molecule has 290 valence electrons. The molecule has 2 heterocycles. The lowest BCUT2D eigenvalue weighted by atomic mass is 10.1. The number of aliphatic carboxylic acids is 1. The van der Waals surface area contributed by atoms with E-state index in [9.17, 15) is 36.9 Å². The highest BCUT2D eigenvalue weighted by molar-refractivity contribution is 7.57. The molecule has 0 radical (unpaired) electrons. The Balaban J connectivity index is 0.000000439. The summed E-state index contributed by atoms with van der Waals surface area (Å²) in [6.45, 7) is 13.2. The van der Waals surface area contributed by atoms with Gasteiger partial charge in [0.1, 0.15) is 11.7 Å². The molecule has 3 rings (SSSR count). The maximum absolute atomic E-state index is 12.9. The molecule has 1 aromatic carbocycles. The predicted molar refractivity (Wildman–Crippen MR) is 191 cm³/mol. The van der Waals surface area contributed by atoms with Crippen molar-refractivity contribution in [1.82, 2.24) is 24.1 Å². The number of alkyl halides is 3. The maximum Gasteiger partial charge on any atom is 0.431 e. The number of carbonyl (C=O) groups excluding carboxylic acids is 1. The number of halogens is 5. The molecule has 2 atom stereocenters. The monoisotopic (exact) mass is 800 g/mol. The Morgan fingerprint density at radius 1 is 1.08 bits per heavy atom. The molecule has 0 spiro atoms. The lowest BCUT2D eigenvalue weighted by Crippen LogP contribution is -2.40. The van der Waals surface area contributed by atoms with Crippen LogP contribution in [0.3, 0.4) is 0 Å². The fourth-order valence-electron chi connectivity index (χ4n) is 3.70. The van der Waals surface area contributed by atoms with Crippen LogP contribution in [0.1, 0.15) is 64.0 Å². The third kappa shape index (κ3) is 15.7. The molecule has 3 aromatic rings. The third-order valence-corrected chi connectivity index (χ3v) is 7.57. The highest BCUT2D eigenvalue weighted by Gasteiger charge is 2.35. The lowest BCUT2D eigenvalue weighted by molar-refractivity contribution is -0.144. The molecule has 22 heteroatoms. The average Bonchev–Trinajstić information content (AvgIpc) is 2.97. The van der Waals surface area contributed by atoms with Gasteiger partial charge in [-0.2, -0.15) is 28.1 Å². The van der Waals surface area contributed by atoms with Crippen molar-refractivity contribution in [3.05, 3.63) is 66.7 Å². The van der Waals surface area contributed by atoms with Crippen LogP contribution in [0.15, 0.2) is 33.9 Å². The van der Waals surface area contributed by atoms with E-state index >= 15 is 0 Å². The number of hydrogen-bond acceptors (Lipinski definition) is 12. The van der Waals surface area contributed by atoms with Crippen molar-refractivity contribution in [2.24, 2.45) is 12.8 Å². The number of ether oxygens (including phenoxy) is 1.